The minimum atomic E-state index is -2.57. The van der Waals surface area contributed by atoms with Crippen LogP contribution in [0.15, 0.2) is 77.0 Å². The Morgan fingerprint density at radius 1 is 0.806 bits per heavy atom. The van der Waals surface area contributed by atoms with Crippen LogP contribution in [0.25, 0.3) is 5.69 Å². The quantitative estimate of drug-likeness (QED) is 0.0145. The highest BCUT2D eigenvalue weighted by Gasteiger charge is 2.57. The normalized spacial score (nSPS) is 28.2. The molecule has 3 amide bonds. The van der Waals surface area contributed by atoms with Gasteiger partial charge < -0.3 is 73.5 Å². The molecule has 594 valence electrons. The lowest BCUT2D eigenvalue weighted by Crippen LogP contribution is -2.64. The number of aliphatic imine (C=N–C) groups is 1. The predicted molar refractivity (Wildman–Crippen MR) is 403 cm³/mol. The summed E-state index contributed by atoms with van der Waals surface area (Å²) in [5, 5.41) is 58.8. The van der Waals surface area contributed by atoms with Crippen LogP contribution in [0, 0.1) is 36.5 Å². The van der Waals surface area contributed by atoms with Gasteiger partial charge in [-0.3, -0.25) is 33.5 Å². The maximum absolute atomic E-state index is 14.7. The van der Waals surface area contributed by atoms with Gasteiger partial charge in [-0.2, -0.15) is 11.8 Å². The largest absolute Gasteiger partial charge is 0.497 e. The number of Topliss-reactive ketones (excluding diaryl/α,β-unsaturated/α-hetero) is 2. The van der Waals surface area contributed by atoms with Crippen LogP contribution >= 0.6 is 23.4 Å². The van der Waals surface area contributed by atoms with Crippen molar-refractivity contribution in [3.63, 3.8) is 0 Å². The number of ether oxygens (including phenoxy) is 9. The third-order valence-electron chi connectivity index (χ3n) is 21.2. The molecule has 4 aliphatic heterocycles. The van der Waals surface area contributed by atoms with Gasteiger partial charge in [-0.15, -0.1) is 15.3 Å². The number of hydrogen-bond donors (Lipinski definition) is 5. The summed E-state index contributed by atoms with van der Waals surface area (Å²) in [6.07, 6.45) is 5.24. The van der Waals surface area contributed by atoms with E-state index < -0.39 is 96.0 Å². The van der Waals surface area contributed by atoms with Crippen LogP contribution in [0.5, 0.6) is 5.75 Å². The van der Waals surface area contributed by atoms with Crippen molar-refractivity contribution in [3.05, 3.63) is 105 Å². The van der Waals surface area contributed by atoms with E-state index in [-0.39, 0.29) is 74.6 Å². The highest BCUT2D eigenvalue weighted by atomic mass is 35.5. The molecular formula is C78H111ClN10O18S. The monoisotopic (exact) mass is 1540 g/mol. The second-order valence-electron chi connectivity index (χ2n) is 29.2. The molecule has 9 rings (SSSR count). The molecule has 108 heavy (non-hydrogen) atoms. The number of carbonyl (C=O) groups is 6. The molecule has 15 atom stereocenters. The summed E-state index contributed by atoms with van der Waals surface area (Å²) in [5.41, 5.74) is 5.21. The maximum Gasteiger partial charge on any atom is 0.329 e. The van der Waals surface area contributed by atoms with E-state index in [1.165, 1.54) is 19.1 Å². The Hall–Kier alpha value is -6.87. The van der Waals surface area contributed by atoms with E-state index in [0.29, 0.717) is 161 Å². The molecule has 6 heterocycles. The van der Waals surface area contributed by atoms with Crippen molar-refractivity contribution in [3.8, 4) is 11.4 Å². The van der Waals surface area contributed by atoms with Crippen LogP contribution in [0.4, 0.5) is 0 Å². The number of esters is 1. The van der Waals surface area contributed by atoms with E-state index >= 15 is 0 Å². The number of thioether (sulfide) groups is 1. The zero-order valence-corrected chi connectivity index (χ0v) is 65.6. The van der Waals surface area contributed by atoms with Gasteiger partial charge in [0.25, 0.3) is 11.7 Å². The predicted octanol–water partition coefficient (Wildman–Crippen LogP) is 7.57. The Balaban J connectivity index is 0.695. The van der Waals surface area contributed by atoms with Crippen molar-refractivity contribution in [1.29, 1.82) is 0 Å². The fourth-order valence-corrected chi connectivity index (χ4v) is 16.2. The number of ketones is 2. The molecule has 0 spiro atoms. The summed E-state index contributed by atoms with van der Waals surface area (Å²) < 4.78 is 56.6. The van der Waals surface area contributed by atoms with Crippen molar-refractivity contribution in [2.45, 2.75) is 205 Å². The van der Waals surface area contributed by atoms with Gasteiger partial charge in [-0.25, -0.2) is 9.48 Å². The van der Waals surface area contributed by atoms with Gasteiger partial charge in [-0.05, 0) is 145 Å². The van der Waals surface area contributed by atoms with Crippen LogP contribution in [-0.4, -0.2) is 238 Å². The summed E-state index contributed by atoms with van der Waals surface area (Å²) in [6, 6.07) is 11.2. The van der Waals surface area contributed by atoms with Crippen LogP contribution in [0.2, 0.25) is 5.02 Å². The minimum Gasteiger partial charge on any atom is -0.497 e. The average molecular weight is 1540 g/mol. The number of nitrogens with one attached hydrogen (secondary N) is 2. The Bertz CT molecular complexity index is 3740. The number of aliphatic hydroxyl groups is 3. The van der Waals surface area contributed by atoms with Gasteiger partial charge in [0.1, 0.15) is 47.3 Å². The molecule has 2 aromatic carbocycles. The van der Waals surface area contributed by atoms with Crippen LogP contribution in [0.1, 0.15) is 159 Å². The number of methoxy groups -OCH3 is 4. The van der Waals surface area contributed by atoms with E-state index in [0.717, 1.165) is 22.4 Å². The molecule has 5 aliphatic rings. The van der Waals surface area contributed by atoms with Crippen molar-refractivity contribution in [2.24, 2.45) is 34.6 Å². The number of aliphatic hydroxyl groups excluding tert-OH is 2. The van der Waals surface area contributed by atoms with Crippen LogP contribution in [-0.2, 0) is 79.8 Å². The Labute approximate surface area is 642 Å². The van der Waals surface area contributed by atoms with Gasteiger partial charge in [-0.1, -0.05) is 67.4 Å². The number of piperidine rings is 1. The molecule has 1 saturated carbocycles. The summed E-state index contributed by atoms with van der Waals surface area (Å²) in [4.78, 5) is 91.1. The lowest BCUT2D eigenvalue weighted by molar-refractivity contribution is -0.302. The summed E-state index contributed by atoms with van der Waals surface area (Å²) in [6.45, 7) is 14.0. The lowest BCUT2D eigenvalue weighted by atomic mass is 9.81. The molecule has 28 nitrogen and oxygen atoms in total. The number of aryl methyl sites for hydroxylation is 1. The zero-order chi connectivity index (χ0) is 77.6. The Morgan fingerprint density at radius 2 is 1.53 bits per heavy atom. The number of benzene rings is 2. The lowest BCUT2D eigenvalue weighted by Gasteiger charge is -2.47. The fourth-order valence-electron chi connectivity index (χ4n) is 15.2. The molecule has 0 unspecified atom stereocenters. The molecule has 3 fully saturated rings. The molecule has 2 bridgehead atoms. The summed E-state index contributed by atoms with van der Waals surface area (Å²) >= 11 is 7.88. The third kappa shape index (κ3) is 22.9. The van der Waals surface area contributed by atoms with E-state index in [4.69, 9.17) is 59.2 Å². The molecule has 2 saturated heterocycles. The van der Waals surface area contributed by atoms with Crippen LogP contribution < -0.4 is 15.4 Å². The first-order valence-electron chi connectivity index (χ1n) is 37.9. The highest BCUT2D eigenvalue weighted by Crippen LogP contribution is 2.41. The number of hydrogen-bond acceptors (Lipinski definition) is 24. The summed E-state index contributed by atoms with van der Waals surface area (Å²) in [5.74, 6) is -5.51. The summed E-state index contributed by atoms with van der Waals surface area (Å²) in [7, 11) is 6.20. The number of nitrogens with zero attached hydrogens (tertiary/aromatic N) is 8. The zero-order valence-electron chi connectivity index (χ0n) is 64.1. The second kappa shape index (κ2) is 41.4. The van der Waals surface area contributed by atoms with Gasteiger partial charge >= 0.3 is 5.97 Å². The molecule has 30 heteroatoms. The molecular weight excluding hydrogens is 1430 g/mol. The number of cyclic esters (lactones) is 1. The number of halogens is 1. The molecule has 0 radical (unpaired) electrons. The molecule has 2 aromatic heterocycles. The van der Waals surface area contributed by atoms with E-state index in [9.17, 15) is 44.1 Å². The third-order valence-corrected chi connectivity index (χ3v) is 22.5. The molecule has 4 aromatic rings. The maximum atomic E-state index is 14.7. The van der Waals surface area contributed by atoms with Gasteiger partial charge in [0.05, 0.1) is 114 Å². The first kappa shape index (κ1) is 85.1. The molecule has 5 N–H and O–H groups in total. The topological polar surface area (TPSA) is 347 Å². The van der Waals surface area contributed by atoms with Gasteiger partial charge in [0.15, 0.2) is 5.82 Å². The van der Waals surface area contributed by atoms with Crippen LogP contribution in [0.3, 0.4) is 0 Å². The fraction of sp³-hybridized carbons (Fsp3) is 0.654. The van der Waals surface area contributed by atoms with E-state index in [1.807, 2.05) is 74.7 Å². The number of fused-ring (bicyclic) bond motifs is 6. The van der Waals surface area contributed by atoms with Gasteiger partial charge in [0.2, 0.25) is 17.6 Å². The Kier molecular flexibility index (Phi) is 32.7. The van der Waals surface area contributed by atoms with Crippen molar-refractivity contribution >= 4 is 64.3 Å². The number of amides is 3. The minimum absolute atomic E-state index is 0.00553. The number of aromatic nitrogens is 6. The van der Waals surface area contributed by atoms with E-state index in [1.54, 1.807) is 62.8 Å². The van der Waals surface area contributed by atoms with Crippen molar-refractivity contribution < 1.29 is 86.7 Å². The van der Waals surface area contributed by atoms with Crippen molar-refractivity contribution in [2.75, 3.05) is 92.7 Å². The first-order chi connectivity index (χ1) is 51.9. The first-order valence-corrected chi connectivity index (χ1v) is 39.4. The standard InChI is InChI=1S/C78H111ClN10O18S/c1-47-36-48(2)38-67(101-9)73-68(102-10)40-50(4)78(98,107-73)74(95)76(96)88-26-12-11-15-62(88)77(97)106-72(49(3)39-53-16-23-63(90)66(41-53)100-8)51(5)64(91)44-65(92)55(37-47)14-13-34-108-35-24-69(93)80-25-28-103-30-32-105-33-31-104-29-27-87-46-57(84-86-87)45-81-70(94)43-60-75-85-83-52(6)89(75)61-22-21-58(99-7)42-59(61)71(82-60)54-17-19-56(79)20-18-54/h17-22,37,39,42,46,48,50-51,53,55,60,62-64,66-68,72-73,90-91,98H,11-16,23-36,38,40-41,43-45H2,1-10H3,(H,80,93)(H,81,94)/b47-37+,49-39+/t48-,50+,51+,53-,55+,60-,62-,63+,64-,66+,67-,68-,72+,73+,78+/m0/s1. The number of rotatable bonds is 30. The average Bonchev–Trinajstić information content (AvgIpc) is 1.24. The molecule has 1 aliphatic carbocycles. The second-order valence-corrected chi connectivity index (χ2v) is 30.9. The van der Waals surface area contributed by atoms with E-state index in [2.05, 4.69) is 31.1 Å². The van der Waals surface area contributed by atoms with Gasteiger partial charge in [0, 0.05) is 86.9 Å². The highest BCUT2D eigenvalue weighted by molar-refractivity contribution is 7.99. The number of allylic oxidation sites excluding steroid dienone is 3. The SMILES string of the molecule is COc1ccc2c(c1)C(c1ccc(Cl)cc1)=N[C@@H](CC(=O)NCc1cn(CCOCCOCCOCCNC(=O)CCSCCC[C@@H]3/C=C(\C)C[C@H](C)C[C@H](OC)[C@H]4O[C@@](O)(C(=O)C(=O)N5CCCC[C@H]5C(=O)O[C@H](/C(C)=C/[C@@H]5CC[C@@H](O)[C@H](OC)C5)[C@H](C)[C@@H](O)CC3=O)[C@H](C)C[C@@H]4OC)nn1)c1nnc(C)n1-2. The Morgan fingerprint density at radius 3 is 2.26 bits per heavy atom. The van der Waals surface area contributed by atoms with Crippen molar-refractivity contribution in [1.82, 2.24) is 45.3 Å². The number of carbonyl (C=O) groups excluding carboxylic acids is 6. The smallest absolute Gasteiger partial charge is 0.329 e.